The van der Waals surface area contributed by atoms with Crippen LogP contribution < -0.4 is 0 Å². The number of halogens is 6. The molecule has 2 bridgehead atoms. The Morgan fingerprint density at radius 1 is 1.03 bits per heavy atom. The lowest BCUT2D eigenvalue weighted by Crippen LogP contribution is -2.67. The van der Waals surface area contributed by atoms with Crippen LogP contribution in [0.15, 0.2) is 67.4 Å². The van der Waals surface area contributed by atoms with Gasteiger partial charge >= 0.3 is 12.4 Å². The third kappa shape index (κ3) is 4.75. The van der Waals surface area contributed by atoms with E-state index in [9.17, 15) is 31.4 Å². The van der Waals surface area contributed by atoms with Crippen molar-refractivity contribution in [3.63, 3.8) is 0 Å². The zero-order valence-electron chi connectivity index (χ0n) is 19.9. The van der Waals surface area contributed by atoms with Gasteiger partial charge in [-0.15, -0.1) is 6.58 Å². The second-order valence-electron chi connectivity index (χ2n) is 10.3. The molecule has 196 valence electrons. The molecule has 0 aliphatic carbocycles. The Hall–Kier alpha value is -2.91. The molecule has 3 fully saturated rings. The fourth-order valence-corrected chi connectivity index (χ4v) is 6.44. The predicted octanol–water partition coefficient (Wildman–Crippen LogP) is 6.92. The summed E-state index contributed by atoms with van der Waals surface area (Å²) in [4.78, 5) is 4.35. The molecule has 1 N–H and O–H groups in total. The molecule has 0 radical (unpaired) electrons. The van der Waals surface area contributed by atoms with Gasteiger partial charge in [0.2, 0.25) is 0 Å². The first-order chi connectivity index (χ1) is 17.4. The number of piperidine rings is 3. The van der Waals surface area contributed by atoms with E-state index >= 15 is 0 Å². The molecule has 5 atom stereocenters. The van der Waals surface area contributed by atoms with Crippen LogP contribution in [0.1, 0.15) is 41.2 Å². The molecule has 3 aliphatic rings. The van der Waals surface area contributed by atoms with Gasteiger partial charge in [0, 0.05) is 35.9 Å². The van der Waals surface area contributed by atoms with E-state index in [1.807, 2.05) is 30.3 Å². The Balaban J connectivity index is 1.59. The number of nitrogens with zero attached hydrogens (tertiary/aromatic N) is 2. The van der Waals surface area contributed by atoms with E-state index in [0.717, 1.165) is 23.9 Å². The normalized spacial score (nSPS) is 26.8. The van der Waals surface area contributed by atoms with Gasteiger partial charge in [-0.05, 0) is 41.8 Å². The molecule has 0 saturated carbocycles. The minimum atomic E-state index is -4.91. The van der Waals surface area contributed by atoms with Crippen LogP contribution >= 0.6 is 0 Å². The molecular formula is C28H27F6N2O+. The Labute approximate surface area is 210 Å². The van der Waals surface area contributed by atoms with E-state index in [0.29, 0.717) is 30.6 Å². The number of quaternary nitrogens is 1. The van der Waals surface area contributed by atoms with Gasteiger partial charge < -0.3 is 9.59 Å². The fraction of sp³-hybridized carbons (Fsp3) is 0.393. The summed E-state index contributed by atoms with van der Waals surface area (Å²) in [6.45, 7) is 4.93. The number of fused-ring (bicyclic) bond motifs is 4. The van der Waals surface area contributed by atoms with Crippen molar-refractivity contribution in [2.75, 3.05) is 13.1 Å². The standard InChI is InChI=1S/C28H27F6N2O/c1-2-18-16-36(15-17-11-20(27(29,30)31)14-21(12-17)28(32,33)34)10-8-19(18)13-25(36)26(37)23-7-9-35-24-6-4-3-5-22(23)24/h2-7,9,11-12,14,18-19,25-26,37H,1,8,10,13,15-16H2/q+1/t18-,19-,25+,26-,36+/m0/s1. The lowest BCUT2D eigenvalue weighted by atomic mass is 9.71. The molecule has 3 aliphatic heterocycles. The molecule has 6 rings (SSSR count). The van der Waals surface area contributed by atoms with Gasteiger partial charge in [0.15, 0.2) is 0 Å². The van der Waals surface area contributed by atoms with Crippen LogP contribution in [0.2, 0.25) is 0 Å². The van der Waals surface area contributed by atoms with Crippen molar-refractivity contribution in [3.05, 3.63) is 89.6 Å². The quantitative estimate of drug-likeness (QED) is 0.225. The average molecular weight is 522 g/mol. The van der Waals surface area contributed by atoms with Gasteiger partial charge in [-0.3, -0.25) is 4.98 Å². The smallest absolute Gasteiger partial charge is 0.382 e. The maximum Gasteiger partial charge on any atom is 0.416 e. The van der Waals surface area contributed by atoms with Gasteiger partial charge in [-0.25, -0.2) is 0 Å². The van der Waals surface area contributed by atoms with Crippen molar-refractivity contribution in [2.45, 2.75) is 43.9 Å². The third-order valence-electron chi connectivity index (χ3n) is 8.19. The number of benzene rings is 2. The van der Waals surface area contributed by atoms with Crippen molar-refractivity contribution in [3.8, 4) is 0 Å². The summed E-state index contributed by atoms with van der Waals surface area (Å²) in [6.07, 6.45) is -5.99. The maximum absolute atomic E-state index is 13.6. The average Bonchev–Trinajstić information content (AvgIpc) is 2.86. The van der Waals surface area contributed by atoms with Gasteiger partial charge in [-0.1, -0.05) is 24.3 Å². The largest absolute Gasteiger partial charge is 0.416 e. The Morgan fingerprint density at radius 3 is 2.35 bits per heavy atom. The molecule has 3 aromatic rings. The van der Waals surface area contributed by atoms with Crippen LogP contribution in [-0.4, -0.2) is 33.7 Å². The van der Waals surface area contributed by atoms with E-state index in [4.69, 9.17) is 0 Å². The number of pyridine rings is 1. The first kappa shape index (κ1) is 25.7. The number of aliphatic hydroxyl groups is 1. The highest BCUT2D eigenvalue weighted by atomic mass is 19.4. The molecule has 0 amide bonds. The molecule has 37 heavy (non-hydrogen) atoms. The lowest BCUT2D eigenvalue weighted by Gasteiger charge is -2.58. The van der Waals surface area contributed by atoms with E-state index in [2.05, 4.69) is 11.6 Å². The van der Waals surface area contributed by atoms with Crippen LogP contribution in [0.25, 0.3) is 10.9 Å². The highest BCUT2D eigenvalue weighted by molar-refractivity contribution is 5.82. The molecule has 1 aromatic heterocycles. The number of alkyl halides is 6. The monoisotopic (exact) mass is 521 g/mol. The summed E-state index contributed by atoms with van der Waals surface area (Å²) in [5.41, 5.74) is -1.31. The van der Waals surface area contributed by atoms with E-state index in [-0.39, 0.29) is 34.5 Å². The summed E-state index contributed by atoms with van der Waals surface area (Å²) in [6, 6.07) is 10.5. The van der Waals surface area contributed by atoms with Crippen molar-refractivity contribution >= 4 is 10.9 Å². The van der Waals surface area contributed by atoms with Gasteiger partial charge in [0.05, 0.1) is 29.7 Å². The summed E-state index contributed by atoms with van der Waals surface area (Å²) in [5, 5.41) is 12.5. The highest BCUT2D eigenvalue weighted by Crippen LogP contribution is 2.48. The minimum absolute atomic E-state index is 0.0397. The van der Waals surface area contributed by atoms with Gasteiger partial charge in [0.1, 0.15) is 18.7 Å². The number of hydrogen-bond acceptors (Lipinski definition) is 2. The van der Waals surface area contributed by atoms with Crippen LogP contribution in [0.3, 0.4) is 0 Å². The lowest BCUT2D eigenvalue weighted by molar-refractivity contribution is -0.984. The Kier molecular flexibility index (Phi) is 6.35. The van der Waals surface area contributed by atoms with Gasteiger partial charge in [0.25, 0.3) is 0 Å². The maximum atomic E-state index is 13.6. The van der Waals surface area contributed by atoms with E-state index in [1.165, 1.54) is 0 Å². The molecule has 2 aromatic carbocycles. The molecule has 0 unspecified atom stereocenters. The molecular weight excluding hydrogens is 494 g/mol. The Morgan fingerprint density at radius 2 is 1.70 bits per heavy atom. The first-order valence-corrected chi connectivity index (χ1v) is 12.2. The SMILES string of the molecule is C=C[C@H]1C[N@+]2(Cc3cc(C(F)(F)F)cc(C(F)(F)F)c3)CC[C@H]1C[C@@H]2[C@@H](O)c1ccnc2ccccc12. The molecule has 0 spiro atoms. The minimum Gasteiger partial charge on any atom is -0.382 e. The molecule has 9 heteroatoms. The molecule has 4 heterocycles. The summed E-state index contributed by atoms with van der Waals surface area (Å²) in [5.74, 6) is 0.316. The zero-order chi connectivity index (χ0) is 26.6. The fourth-order valence-electron chi connectivity index (χ4n) is 6.44. The second-order valence-corrected chi connectivity index (χ2v) is 10.3. The van der Waals surface area contributed by atoms with Crippen molar-refractivity contribution in [2.24, 2.45) is 11.8 Å². The predicted molar refractivity (Wildman–Crippen MR) is 127 cm³/mol. The van der Waals surface area contributed by atoms with Crippen molar-refractivity contribution in [1.29, 1.82) is 0 Å². The summed E-state index contributed by atoms with van der Waals surface area (Å²) in [7, 11) is 0. The van der Waals surface area contributed by atoms with Crippen LogP contribution in [0.5, 0.6) is 0 Å². The van der Waals surface area contributed by atoms with Crippen LogP contribution in [0, 0.1) is 11.8 Å². The number of aromatic nitrogens is 1. The third-order valence-corrected chi connectivity index (χ3v) is 8.19. The number of rotatable bonds is 5. The van der Waals surface area contributed by atoms with E-state index in [1.54, 1.807) is 12.3 Å². The topological polar surface area (TPSA) is 33.1 Å². The number of aliphatic hydroxyl groups excluding tert-OH is 1. The van der Waals surface area contributed by atoms with Crippen molar-refractivity contribution < 1.29 is 35.9 Å². The second kappa shape index (κ2) is 9.13. The zero-order valence-corrected chi connectivity index (χ0v) is 19.9. The number of hydrogen-bond donors (Lipinski definition) is 1. The highest BCUT2D eigenvalue weighted by Gasteiger charge is 2.54. The molecule has 3 nitrogen and oxygen atoms in total. The van der Waals surface area contributed by atoms with Crippen LogP contribution in [0.4, 0.5) is 26.3 Å². The van der Waals surface area contributed by atoms with E-state index < -0.39 is 35.6 Å². The van der Waals surface area contributed by atoms with Gasteiger partial charge in [-0.2, -0.15) is 26.3 Å². The first-order valence-electron chi connectivity index (χ1n) is 12.2. The Bertz CT molecular complexity index is 1280. The number of para-hydroxylation sites is 1. The van der Waals surface area contributed by atoms with Crippen molar-refractivity contribution in [1.82, 2.24) is 4.98 Å². The van der Waals surface area contributed by atoms with Crippen LogP contribution in [-0.2, 0) is 18.9 Å². The molecule has 3 saturated heterocycles. The summed E-state index contributed by atoms with van der Waals surface area (Å²) >= 11 is 0. The summed E-state index contributed by atoms with van der Waals surface area (Å²) < 4.78 is 81.6.